The summed E-state index contributed by atoms with van der Waals surface area (Å²) in [6.07, 6.45) is 2.51. The van der Waals surface area contributed by atoms with Gasteiger partial charge in [0.1, 0.15) is 5.54 Å². The Bertz CT molecular complexity index is 522. The summed E-state index contributed by atoms with van der Waals surface area (Å²) in [5.41, 5.74) is 4.48. The molecule has 0 aliphatic heterocycles. The number of carboxylic acids is 1. The highest BCUT2D eigenvalue weighted by Crippen LogP contribution is 2.40. The summed E-state index contributed by atoms with van der Waals surface area (Å²) in [6.45, 7) is 2.52. The Kier molecular flexibility index (Phi) is 4.00. The monoisotopic (exact) mass is 286 g/mol. The zero-order valence-corrected chi connectivity index (χ0v) is 11.6. The van der Waals surface area contributed by atoms with Gasteiger partial charge in [-0.2, -0.15) is 0 Å². The van der Waals surface area contributed by atoms with Crippen LogP contribution in [0.25, 0.3) is 0 Å². The molecule has 0 amide bonds. The molecule has 106 valence electrons. The van der Waals surface area contributed by atoms with Crippen LogP contribution in [-0.2, 0) is 11.3 Å². The molecule has 0 aromatic carbocycles. The number of nitrogens with zero attached hydrogens (tertiary/aromatic N) is 2. The highest BCUT2D eigenvalue weighted by molar-refractivity contribution is 7.99. The maximum absolute atomic E-state index is 11.5. The number of thioether (sulfide) groups is 1. The van der Waals surface area contributed by atoms with Gasteiger partial charge < -0.3 is 10.8 Å². The molecule has 19 heavy (non-hydrogen) atoms. The predicted octanol–water partition coefficient (Wildman–Crippen LogP) is 0.266. The van der Waals surface area contributed by atoms with Gasteiger partial charge in [0.05, 0.1) is 0 Å². The van der Waals surface area contributed by atoms with E-state index in [1.807, 2.05) is 6.92 Å². The van der Waals surface area contributed by atoms with E-state index in [-0.39, 0.29) is 17.4 Å². The van der Waals surface area contributed by atoms with Crippen LogP contribution in [-0.4, -0.2) is 37.1 Å². The zero-order valence-electron chi connectivity index (χ0n) is 10.8. The van der Waals surface area contributed by atoms with Gasteiger partial charge in [-0.05, 0) is 25.2 Å². The molecule has 7 nitrogen and oxygen atoms in total. The average Bonchev–Trinajstić information content (AvgIpc) is 3.16. The lowest BCUT2D eigenvalue weighted by atomic mass is 9.98. The number of nitrogens with one attached hydrogen (secondary N) is 1. The molecule has 1 atom stereocenters. The fourth-order valence-electron chi connectivity index (χ4n) is 1.97. The van der Waals surface area contributed by atoms with Crippen molar-refractivity contribution in [3.8, 4) is 0 Å². The number of rotatable bonds is 7. The van der Waals surface area contributed by atoms with Crippen LogP contribution in [0.4, 0.5) is 0 Å². The van der Waals surface area contributed by atoms with Gasteiger partial charge in [0.25, 0.3) is 0 Å². The Labute approximate surface area is 114 Å². The van der Waals surface area contributed by atoms with Crippen LogP contribution < -0.4 is 11.4 Å². The quantitative estimate of drug-likeness (QED) is 0.620. The van der Waals surface area contributed by atoms with Crippen molar-refractivity contribution in [2.24, 2.45) is 11.7 Å². The van der Waals surface area contributed by atoms with Crippen molar-refractivity contribution >= 4 is 17.7 Å². The van der Waals surface area contributed by atoms with Gasteiger partial charge in [0, 0.05) is 12.3 Å². The van der Waals surface area contributed by atoms with Crippen LogP contribution in [0.1, 0.15) is 26.2 Å². The number of aliphatic carboxylic acids is 1. The Hall–Kier alpha value is -1.28. The fourth-order valence-corrected chi connectivity index (χ4v) is 3.14. The fraction of sp³-hybridized carbons (Fsp3) is 0.727. The Morgan fingerprint density at radius 1 is 1.68 bits per heavy atom. The molecule has 8 heteroatoms. The third-order valence-electron chi connectivity index (χ3n) is 3.31. The number of hydrogen-bond acceptors (Lipinski definition) is 5. The molecule has 1 aromatic heterocycles. The van der Waals surface area contributed by atoms with Gasteiger partial charge in [0.15, 0.2) is 5.16 Å². The Balaban J connectivity index is 2.09. The first-order valence-corrected chi connectivity index (χ1v) is 7.28. The Morgan fingerprint density at radius 2 is 2.37 bits per heavy atom. The smallest absolute Gasteiger partial charge is 0.343 e. The zero-order chi connectivity index (χ0) is 14.0. The molecule has 1 aliphatic carbocycles. The second-order valence-electron chi connectivity index (χ2n) is 4.87. The molecular formula is C11H18N4O3S. The second kappa shape index (κ2) is 5.38. The van der Waals surface area contributed by atoms with Crippen molar-refractivity contribution < 1.29 is 9.90 Å². The largest absolute Gasteiger partial charge is 0.480 e. The van der Waals surface area contributed by atoms with E-state index in [0.29, 0.717) is 11.7 Å². The van der Waals surface area contributed by atoms with Crippen LogP contribution in [0.3, 0.4) is 0 Å². The summed E-state index contributed by atoms with van der Waals surface area (Å²) in [7, 11) is 0. The number of carboxylic acid groups (broad SMARTS) is 1. The molecule has 1 saturated carbocycles. The van der Waals surface area contributed by atoms with E-state index in [1.54, 1.807) is 0 Å². The van der Waals surface area contributed by atoms with E-state index in [9.17, 15) is 14.7 Å². The highest BCUT2D eigenvalue weighted by atomic mass is 32.2. The molecule has 1 aliphatic rings. The van der Waals surface area contributed by atoms with E-state index < -0.39 is 11.5 Å². The van der Waals surface area contributed by atoms with Crippen molar-refractivity contribution in [1.29, 1.82) is 0 Å². The van der Waals surface area contributed by atoms with Crippen LogP contribution in [0.2, 0.25) is 0 Å². The van der Waals surface area contributed by atoms with E-state index in [2.05, 4.69) is 10.2 Å². The van der Waals surface area contributed by atoms with E-state index in [0.717, 1.165) is 19.3 Å². The van der Waals surface area contributed by atoms with Crippen molar-refractivity contribution in [2.45, 2.75) is 43.4 Å². The molecule has 0 bridgehead atoms. The number of aromatic nitrogens is 3. The minimum atomic E-state index is -1.23. The summed E-state index contributed by atoms with van der Waals surface area (Å²) < 4.78 is 1.51. The van der Waals surface area contributed by atoms with Crippen molar-refractivity contribution in [3.05, 3.63) is 10.5 Å². The molecule has 0 saturated heterocycles. The summed E-state index contributed by atoms with van der Waals surface area (Å²) in [5, 5.41) is 16.1. The second-order valence-corrected chi connectivity index (χ2v) is 5.81. The average molecular weight is 286 g/mol. The number of nitrogens with two attached hydrogens (primary N) is 1. The van der Waals surface area contributed by atoms with Gasteiger partial charge in [-0.3, -0.25) is 9.36 Å². The SMILES string of the molecule is CCCn1c(SCC(N)(C(=O)O)C2CC2)n[nH]c1=O. The van der Waals surface area contributed by atoms with Gasteiger partial charge in [-0.25, -0.2) is 9.89 Å². The summed E-state index contributed by atoms with van der Waals surface area (Å²) in [5.74, 6) is -0.730. The number of aromatic amines is 1. The molecule has 2 rings (SSSR count). The third-order valence-corrected chi connectivity index (χ3v) is 4.51. The normalized spacial score (nSPS) is 18.2. The minimum Gasteiger partial charge on any atom is -0.480 e. The standard InChI is InChI=1S/C11H18N4O3S/c1-2-5-15-9(18)13-14-10(15)19-6-11(12,8(16)17)7-3-4-7/h7H,2-6,12H2,1H3,(H,13,18)(H,16,17). The lowest BCUT2D eigenvalue weighted by molar-refractivity contribution is -0.143. The van der Waals surface area contributed by atoms with Gasteiger partial charge >= 0.3 is 11.7 Å². The topological polar surface area (TPSA) is 114 Å². The summed E-state index contributed by atoms with van der Waals surface area (Å²) >= 11 is 1.23. The van der Waals surface area contributed by atoms with Gasteiger partial charge in [-0.1, -0.05) is 18.7 Å². The van der Waals surface area contributed by atoms with E-state index in [4.69, 9.17) is 5.73 Å². The number of carbonyl (C=O) groups is 1. The molecular weight excluding hydrogens is 268 g/mol. The summed E-state index contributed by atoms with van der Waals surface area (Å²) in [6, 6.07) is 0. The lowest BCUT2D eigenvalue weighted by Crippen LogP contribution is -2.52. The van der Waals surface area contributed by atoms with E-state index >= 15 is 0 Å². The lowest BCUT2D eigenvalue weighted by Gasteiger charge is -2.23. The predicted molar refractivity (Wildman–Crippen MR) is 71.1 cm³/mol. The third kappa shape index (κ3) is 2.84. The molecule has 4 N–H and O–H groups in total. The Morgan fingerprint density at radius 3 is 2.89 bits per heavy atom. The van der Waals surface area contributed by atoms with Gasteiger partial charge in [0.2, 0.25) is 0 Å². The van der Waals surface area contributed by atoms with Crippen LogP contribution in [0.5, 0.6) is 0 Å². The molecule has 0 spiro atoms. The van der Waals surface area contributed by atoms with Crippen molar-refractivity contribution in [2.75, 3.05) is 5.75 Å². The maximum Gasteiger partial charge on any atom is 0.343 e. The summed E-state index contributed by atoms with van der Waals surface area (Å²) in [4.78, 5) is 22.8. The number of H-pyrrole nitrogens is 1. The molecule has 1 heterocycles. The molecule has 1 aromatic rings. The minimum absolute atomic E-state index is 0.0304. The first kappa shape index (κ1) is 14.1. The molecule has 0 radical (unpaired) electrons. The van der Waals surface area contributed by atoms with Crippen LogP contribution in [0.15, 0.2) is 9.95 Å². The van der Waals surface area contributed by atoms with Crippen LogP contribution >= 0.6 is 11.8 Å². The number of hydrogen-bond donors (Lipinski definition) is 3. The highest BCUT2D eigenvalue weighted by Gasteiger charge is 2.48. The first-order chi connectivity index (χ1) is 8.99. The maximum atomic E-state index is 11.5. The van der Waals surface area contributed by atoms with E-state index in [1.165, 1.54) is 16.3 Å². The van der Waals surface area contributed by atoms with Gasteiger partial charge in [-0.15, -0.1) is 5.10 Å². The van der Waals surface area contributed by atoms with Crippen molar-refractivity contribution in [3.63, 3.8) is 0 Å². The van der Waals surface area contributed by atoms with Crippen molar-refractivity contribution in [1.82, 2.24) is 14.8 Å². The first-order valence-electron chi connectivity index (χ1n) is 6.29. The molecule has 1 unspecified atom stereocenters. The van der Waals surface area contributed by atoms with Crippen LogP contribution in [0, 0.1) is 5.92 Å². The molecule has 1 fully saturated rings.